The third-order valence-electron chi connectivity index (χ3n) is 7.18. The molecule has 3 saturated heterocycles. The third kappa shape index (κ3) is 4.43. The topological polar surface area (TPSA) is 94.3 Å². The molecule has 3 aliphatic heterocycles. The van der Waals surface area contributed by atoms with Crippen molar-refractivity contribution in [3.05, 3.63) is 82.8 Å². The van der Waals surface area contributed by atoms with Gasteiger partial charge in [0.25, 0.3) is 5.91 Å². The molecule has 0 saturated carbocycles. The van der Waals surface area contributed by atoms with Crippen molar-refractivity contribution in [1.82, 2.24) is 4.98 Å². The summed E-state index contributed by atoms with van der Waals surface area (Å²) in [7, 11) is 0. The number of carbonyl (C=O) groups excluding carboxylic acids is 2. The Labute approximate surface area is 203 Å². The molecule has 3 fully saturated rings. The SMILES string of the molecule is NC(=O)C(c1nccs1)[N+]12CCC(CC1)[C@@H](OC(=O)C(Nc1ccccc1)c1ccccc1)C2. The van der Waals surface area contributed by atoms with Gasteiger partial charge in [-0.15, -0.1) is 11.3 Å². The van der Waals surface area contributed by atoms with Crippen LogP contribution < -0.4 is 11.1 Å². The first-order valence-corrected chi connectivity index (χ1v) is 12.6. The number of esters is 1. The Balaban J connectivity index is 1.38. The molecule has 1 amide bonds. The lowest BCUT2D eigenvalue weighted by molar-refractivity contribution is -0.965. The fourth-order valence-electron chi connectivity index (χ4n) is 5.50. The molecule has 7 nitrogen and oxygen atoms in total. The molecule has 3 aromatic rings. The molecule has 1 aromatic heterocycles. The van der Waals surface area contributed by atoms with E-state index in [1.54, 1.807) is 6.20 Å². The number of nitrogens with one attached hydrogen (secondary N) is 1. The number of carbonyl (C=O) groups is 2. The molecule has 0 aliphatic carbocycles. The number of nitrogens with two attached hydrogens (primary N) is 1. The normalized spacial score (nSPS) is 25.3. The summed E-state index contributed by atoms with van der Waals surface area (Å²) in [6.07, 6.45) is 3.24. The van der Waals surface area contributed by atoms with Gasteiger partial charge in [-0.3, -0.25) is 4.79 Å². The number of fused-ring (bicyclic) bond motifs is 3. The van der Waals surface area contributed by atoms with E-state index in [1.165, 1.54) is 11.3 Å². The summed E-state index contributed by atoms with van der Waals surface area (Å²) in [4.78, 5) is 30.5. The van der Waals surface area contributed by atoms with Crippen LogP contribution in [0.15, 0.2) is 72.2 Å². The van der Waals surface area contributed by atoms with E-state index in [4.69, 9.17) is 10.5 Å². The van der Waals surface area contributed by atoms with Crippen LogP contribution in [0.2, 0.25) is 0 Å². The van der Waals surface area contributed by atoms with Crippen LogP contribution in [0.4, 0.5) is 5.69 Å². The van der Waals surface area contributed by atoms with Crippen molar-refractivity contribution in [1.29, 1.82) is 0 Å². The highest BCUT2D eigenvalue weighted by molar-refractivity contribution is 7.09. The molecule has 3 N–H and O–H groups in total. The monoisotopic (exact) mass is 477 g/mol. The number of piperidine rings is 3. The van der Waals surface area contributed by atoms with Crippen molar-refractivity contribution in [2.24, 2.45) is 11.7 Å². The number of amides is 1. The fourth-order valence-corrected chi connectivity index (χ4v) is 6.35. The van der Waals surface area contributed by atoms with E-state index >= 15 is 0 Å². The van der Waals surface area contributed by atoms with Gasteiger partial charge < -0.3 is 20.3 Å². The number of thiazole rings is 1. The molecule has 0 radical (unpaired) electrons. The summed E-state index contributed by atoms with van der Waals surface area (Å²) in [6, 6.07) is 18.2. The summed E-state index contributed by atoms with van der Waals surface area (Å²) in [5.41, 5.74) is 7.58. The van der Waals surface area contributed by atoms with Crippen molar-refractivity contribution in [2.45, 2.75) is 31.0 Å². The van der Waals surface area contributed by atoms with Crippen LogP contribution in [0.1, 0.15) is 35.5 Å². The highest BCUT2D eigenvalue weighted by Crippen LogP contribution is 2.43. The summed E-state index contributed by atoms with van der Waals surface area (Å²) in [5, 5.41) is 5.95. The van der Waals surface area contributed by atoms with Gasteiger partial charge in [0, 0.05) is 36.0 Å². The zero-order chi connectivity index (χ0) is 23.5. The lowest BCUT2D eigenvalue weighted by Gasteiger charge is -2.54. The number of rotatable bonds is 8. The molecular weight excluding hydrogens is 448 g/mol. The van der Waals surface area contributed by atoms with Gasteiger partial charge in [-0.25, -0.2) is 9.78 Å². The van der Waals surface area contributed by atoms with Gasteiger partial charge >= 0.3 is 5.97 Å². The third-order valence-corrected chi connectivity index (χ3v) is 8.01. The molecule has 3 atom stereocenters. The maximum absolute atomic E-state index is 13.5. The second kappa shape index (κ2) is 9.56. The Morgan fingerprint density at radius 2 is 1.74 bits per heavy atom. The van der Waals surface area contributed by atoms with Crippen LogP contribution in [0.25, 0.3) is 0 Å². The zero-order valence-electron chi connectivity index (χ0n) is 18.9. The Morgan fingerprint density at radius 1 is 1.06 bits per heavy atom. The summed E-state index contributed by atoms with van der Waals surface area (Å²) < 4.78 is 6.71. The van der Waals surface area contributed by atoms with E-state index in [0.717, 1.165) is 42.2 Å². The number of hydrogen-bond donors (Lipinski definition) is 2. The lowest BCUT2D eigenvalue weighted by Crippen LogP contribution is -2.67. The van der Waals surface area contributed by atoms with Crippen LogP contribution >= 0.6 is 11.3 Å². The number of anilines is 1. The predicted molar refractivity (Wildman–Crippen MR) is 131 cm³/mol. The minimum absolute atomic E-state index is 0.263. The first kappa shape index (κ1) is 22.6. The number of hydrogen-bond acceptors (Lipinski definition) is 6. The zero-order valence-corrected chi connectivity index (χ0v) is 19.7. The van der Waals surface area contributed by atoms with Crippen molar-refractivity contribution in [2.75, 3.05) is 25.0 Å². The Hall–Kier alpha value is -3.23. The van der Waals surface area contributed by atoms with Gasteiger partial charge in [-0.1, -0.05) is 48.5 Å². The van der Waals surface area contributed by atoms with Gasteiger partial charge in [-0.05, 0) is 17.7 Å². The molecule has 4 heterocycles. The molecule has 176 valence electrons. The van der Waals surface area contributed by atoms with Crippen LogP contribution in [-0.4, -0.2) is 47.1 Å². The van der Waals surface area contributed by atoms with Crippen molar-refractivity contribution >= 4 is 28.9 Å². The van der Waals surface area contributed by atoms with Gasteiger partial charge in [0.2, 0.25) is 6.04 Å². The summed E-state index contributed by atoms with van der Waals surface area (Å²) >= 11 is 1.46. The summed E-state index contributed by atoms with van der Waals surface area (Å²) in [6.45, 7) is 2.27. The van der Waals surface area contributed by atoms with Crippen LogP contribution in [0.3, 0.4) is 0 Å². The molecule has 6 rings (SSSR count). The molecular formula is C26H29N4O3S+. The maximum atomic E-state index is 13.5. The smallest absolute Gasteiger partial charge is 0.333 e. The minimum atomic E-state index is -0.626. The highest BCUT2D eigenvalue weighted by atomic mass is 32.1. The molecule has 34 heavy (non-hydrogen) atoms. The van der Waals surface area contributed by atoms with E-state index in [-0.39, 0.29) is 18.0 Å². The van der Waals surface area contributed by atoms with Crippen LogP contribution in [0, 0.1) is 5.92 Å². The van der Waals surface area contributed by atoms with E-state index in [0.29, 0.717) is 16.9 Å². The van der Waals surface area contributed by atoms with Gasteiger partial charge in [-0.2, -0.15) is 0 Å². The number of benzene rings is 2. The molecule has 2 bridgehead atoms. The highest BCUT2D eigenvalue weighted by Gasteiger charge is 2.54. The Kier molecular flexibility index (Phi) is 6.34. The van der Waals surface area contributed by atoms with E-state index in [9.17, 15) is 9.59 Å². The second-order valence-corrected chi connectivity index (χ2v) is 10.1. The largest absolute Gasteiger partial charge is 0.454 e. The number of primary amides is 1. The number of aromatic nitrogens is 1. The standard InChI is InChI=1S/C26H28N4O3S/c27-24(31)23(25-28-13-16-34-25)30-14-11-18(12-15-30)21(17-30)33-26(32)22(19-7-3-1-4-8-19)29-20-9-5-2-6-10-20/h1-10,13,16,18,21-23,29H,11-12,14-15,17H2,(H-,27,31)/p+1/t18?,21-,22?,23?,30?/m0/s1. The fraction of sp³-hybridized carbons (Fsp3) is 0.346. The number of para-hydroxylation sites is 1. The predicted octanol–water partition coefficient (Wildman–Crippen LogP) is 3.68. The number of nitrogens with zero attached hydrogens (tertiary/aromatic N) is 2. The van der Waals surface area contributed by atoms with Crippen molar-refractivity contribution < 1.29 is 18.8 Å². The molecule has 2 unspecified atom stereocenters. The summed E-state index contributed by atoms with van der Waals surface area (Å²) in [5.74, 6) is -0.382. The van der Waals surface area contributed by atoms with Crippen molar-refractivity contribution in [3.8, 4) is 0 Å². The Morgan fingerprint density at radius 3 is 2.35 bits per heavy atom. The van der Waals surface area contributed by atoms with Crippen molar-refractivity contribution in [3.63, 3.8) is 0 Å². The second-order valence-electron chi connectivity index (χ2n) is 9.19. The number of ether oxygens (including phenoxy) is 1. The average Bonchev–Trinajstić information content (AvgIpc) is 3.38. The number of quaternary nitrogens is 1. The van der Waals surface area contributed by atoms with E-state index in [1.807, 2.05) is 66.0 Å². The molecule has 2 aromatic carbocycles. The maximum Gasteiger partial charge on any atom is 0.333 e. The quantitative estimate of drug-likeness (QED) is 0.381. The van der Waals surface area contributed by atoms with Crippen LogP contribution in [0.5, 0.6) is 0 Å². The van der Waals surface area contributed by atoms with E-state index < -0.39 is 12.1 Å². The average molecular weight is 478 g/mol. The van der Waals surface area contributed by atoms with Crippen LogP contribution in [-0.2, 0) is 14.3 Å². The molecule has 3 aliphatic rings. The minimum Gasteiger partial charge on any atom is -0.454 e. The van der Waals surface area contributed by atoms with E-state index in [2.05, 4.69) is 10.3 Å². The first-order valence-electron chi connectivity index (χ1n) is 11.7. The lowest BCUT2D eigenvalue weighted by atomic mass is 9.81. The van der Waals surface area contributed by atoms with Gasteiger partial charge in [0.05, 0.1) is 13.1 Å². The first-order chi connectivity index (χ1) is 16.6. The van der Waals surface area contributed by atoms with Gasteiger partial charge in [0.15, 0.2) is 17.2 Å². The molecule has 8 heteroatoms. The molecule has 0 spiro atoms. The van der Waals surface area contributed by atoms with Gasteiger partial charge in [0.1, 0.15) is 6.54 Å². The Bertz CT molecular complexity index is 1120.